The lowest BCUT2D eigenvalue weighted by Gasteiger charge is -2.06. The van der Waals surface area contributed by atoms with Crippen LogP contribution in [0.4, 0.5) is 0 Å². The van der Waals surface area contributed by atoms with E-state index in [-0.39, 0.29) is 15.6 Å². The standard InChI is InChI=1S/C17H13IN4O3S/c1-9-3-6-14(10(2)7-9)26(24,25)17-15-19-16(23)12-5-4-11(18)8-13(12)22(15)21-20-17/h3-8,21H,1-2H3. The minimum Gasteiger partial charge on any atom is -0.267 e. The second-order valence-corrected chi connectivity index (χ2v) is 9.11. The highest BCUT2D eigenvalue weighted by Crippen LogP contribution is 2.26. The van der Waals surface area contributed by atoms with E-state index < -0.39 is 15.4 Å². The molecule has 0 aliphatic carbocycles. The fourth-order valence-electron chi connectivity index (χ4n) is 2.97. The Morgan fingerprint density at radius 2 is 1.88 bits per heavy atom. The fourth-order valence-corrected chi connectivity index (χ4v) is 4.92. The first kappa shape index (κ1) is 17.2. The van der Waals surface area contributed by atoms with Crippen LogP contribution in [0.25, 0.3) is 16.6 Å². The summed E-state index contributed by atoms with van der Waals surface area (Å²) in [7, 11) is -3.93. The number of hydrogen-bond donors (Lipinski definition) is 1. The Kier molecular flexibility index (Phi) is 3.88. The molecule has 0 saturated heterocycles. The number of fused-ring (bicyclic) bond motifs is 3. The first-order valence-electron chi connectivity index (χ1n) is 7.68. The topological polar surface area (TPSA) is 97.2 Å². The average Bonchev–Trinajstić information content (AvgIpc) is 2.99. The van der Waals surface area contributed by atoms with Gasteiger partial charge in [-0.3, -0.25) is 4.79 Å². The highest BCUT2D eigenvalue weighted by molar-refractivity contribution is 14.1. The summed E-state index contributed by atoms with van der Waals surface area (Å²) in [6.45, 7) is 3.62. The van der Waals surface area contributed by atoms with Crippen LogP contribution in [0.1, 0.15) is 11.1 Å². The van der Waals surface area contributed by atoms with Gasteiger partial charge in [-0.15, -0.1) is 5.10 Å². The molecule has 0 aliphatic heterocycles. The molecular formula is C17H13IN4O3S. The second kappa shape index (κ2) is 5.88. The van der Waals surface area contributed by atoms with Crippen molar-refractivity contribution in [3.63, 3.8) is 0 Å². The van der Waals surface area contributed by atoms with Crippen molar-refractivity contribution in [2.75, 3.05) is 0 Å². The molecule has 0 saturated carbocycles. The van der Waals surface area contributed by atoms with Gasteiger partial charge in [-0.1, -0.05) is 17.7 Å². The van der Waals surface area contributed by atoms with Crippen LogP contribution in [-0.2, 0) is 9.84 Å². The Morgan fingerprint density at radius 1 is 1.12 bits per heavy atom. The molecule has 2 heterocycles. The van der Waals surface area contributed by atoms with Crippen LogP contribution in [0, 0.1) is 17.4 Å². The molecule has 0 aliphatic rings. The molecule has 0 amide bonds. The molecule has 0 unspecified atom stereocenters. The van der Waals surface area contributed by atoms with E-state index in [2.05, 4.69) is 37.9 Å². The monoisotopic (exact) mass is 480 g/mol. The summed E-state index contributed by atoms with van der Waals surface area (Å²) < 4.78 is 28.6. The first-order chi connectivity index (χ1) is 12.3. The number of H-pyrrole nitrogens is 1. The van der Waals surface area contributed by atoms with Gasteiger partial charge in [0.25, 0.3) is 5.56 Å². The Hall–Kier alpha value is -2.27. The van der Waals surface area contributed by atoms with Crippen molar-refractivity contribution in [3.8, 4) is 0 Å². The lowest BCUT2D eigenvalue weighted by Crippen LogP contribution is -2.12. The van der Waals surface area contributed by atoms with Gasteiger partial charge in [-0.2, -0.15) is 4.98 Å². The number of rotatable bonds is 2. The van der Waals surface area contributed by atoms with Crippen LogP contribution >= 0.6 is 22.6 Å². The van der Waals surface area contributed by atoms with Gasteiger partial charge in [0.05, 0.1) is 15.8 Å². The van der Waals surface area contributed by atoms with Gasteiger partial charge in [0.1, 0.15) is 0 Å². The maximum atomic E-state index is 13.1. The largest absolute Gasteiger partial charge is 0.281 e. The molecule has 0 bridgehead atoms. The summed E-state index contributed by atoms with van der Waals surface area (Å²) in [6, 6.07) is 10.3. The highest BCUT2D eigenvalue weighted by Gasteiger charge is 2.27. The van der Waals surface area contributed by atoms with E-state index in [9.17, 15) is 13.2 Å². The van der Waals surface area contributed by atoms with Crippen LogP contribution < -0.4 is 5.56 Å². The molecule has 2 aromatic carbocycles. The van der Waals surface area contributed by atoms with E-state index in [1.165, 1.54) is 4.52 Å². The van der Waals surface area contributed by atoms with Gasteiger partial charge in [-0.05, 0) is 66.3 Å². The van der Waals surface area contributed by atoms with E-state index in [1.54, 1.807) is 43.3 Å². The number of aryl methyl sites for hydroxylation is 2. The number of nitrogens with zero attached hydrogens (tertiary/aromatic N) is 3. The molecule has 7 nitrogen and oxygen atoms in total. The van der Waals surface area contributed by atoms with Gasteiger partial charge in [0.15, 0.2) is 5.65 Å². The number of aromatic amines is 1. The summed E-state index contributed by atoms with van der Waals surface area (Å²) in [5.41, 5.74) is 1.60. The summed E-state index contributed by atoms with van der Waals surface area (Å²) in [5, 5.41) is 6.78. The number of halogens is 1. The minimum absolute atomic E-state index is 0.00975. The highest BCUT2D eigenvalue weighted by atomic mass is 127. The van der Waals surface area contributed by atoms with Crippen molar-refractivity contribution in [2.24, 2.45) is 0 Å². The van der Waals surface area contributed by atoms with Gasteiger partial charge in [0.2, 0.25) is 14.9 Å². The quantitative estimate of drug-likeness (QED) is 0.445. The van der Waals surface area contributed by atoms with Crippen LogP contribution in [0.15, 0.2) is 51.1 Å². The van der Waals surface area contributed by atoms with Crippen LogP contribution in [0.3, 0.4) is 0 Å². The van der Waals surface area contributed by atoms with Crippen molar-refractivity contribution in [2.45, 2.75) is 23.8 Å². The van der Waals surface area contributed by atoms with Crippen molar-refractivity contribution in [1.29, 1.82) is 0 Å². The molecule has 0 spiro atoms. The number of hydrogen-bond acceptors (Lipinski definition) is 5. The molecule has 4 aromatic rings. The Balaban J connectivity index is 2.07. The molecule has 9 heteroatoms. The third kappa shape index (κ3) is 2.53. The number of benzene rings is 2. The van der Waals surface area contributed by atoms with E-state index in [4.69, 9.17) is 0 Å². The normalized spacial score (nSPS) is 12.1. The van der Waals surface area contributed by atoms with E-state index in [0.717, 1.165) is 9.13 Å². The lowest BCUT2D eigenvalue weighted by atomic mass is 10.2. The Morgan fingerprint density at radius 3 is 2.62 bits per heavy atom. The van der Waals surface area contributed by atoms with Crippen molar-refractivity contribution < 1.29 is 8.42 Å². The summed E-state index contributed by atoms with van der Waals surface area (Å²) >= 11 is 2.12. The zero-order chi connectivity index (χ0) is 18.6. The number of nitrogens with one attached hydrogen (secondary N) is 1. The molecule has 4 rings (SSSR count). The number of aromatic nitrogens is 4. The molecule has 26 heavy (non-hydrogen) atoms. The van der Waals surface area contributed by atoms with Crippen molar-refractivity contribution in [3.05, 3.63) is 61.4 Å². The van der Waals surface area contributed by atoms with Crippen molar-refractivity contribution in [1.82, 2.24) is 19.8 Å². The summed E-state index contributed by atoms with van der Waals surface area (Å²) in [5.74, 6) is 0. The van der Waals surface area contributed by atoms with Crippen molar-refractivity contribution >= 4 is 49.0 Å². The molecule has 0 fully saturated rings. The van der Waals surface area contributed by atoms with Crippen LogP contribution in [0.5, 0.6) is 0 Å². The third-order valence-corrected chi connectivity index (χ3v) is 6.66. The van der Waals surface area contributed by atoms with E-state index in [0.29, 0.717) is 16.5 Å². The zero-order valence-electron chi connectivity index (χ0n) is 13.8. The molecule has 2 aromatic heterocycles. The first-order valence-corrected chi connectivity index (χ1v) is 10.2. The molecule has 1 N–H and O–H groups in total. The molecule has 0 radical (unpaired) electrons. The van der Waals surface area contributed by atoms with E-state index >= 15 is 0 Å². The molecular weight excluding hydrogens is 467 g/mol. The summed E-state index contributed by atoms with van der Waals surface area (Å²) in [4.78, 5) is 16.5. The predicted octanol–water partition coefficient (Wildman–Crippen LogP) is 2.63. The van der Waals surface area contributed by atoms with Gasteiger partial charge in [-0.25, -0.2) is 18.1 Å². The average molecular weight is 480 g/mol. The zero-order valence-corrected chi connectivity index (χ0v) is 16.8. The maximum absolute atomic E-state index is 13.1. The van der Waals surface area contributed by atoms with Crippen LogP contribution in [-0.4, -0.2) is 28.2 Å². The van der Waals surface area contributed by atoms with Gasteiger partial charge < -0.3 is 0 Å². The SMILES string of the molecule is Cc1ccc(S(=O)(=O)c2n[nH]n3c2nc(=O)c2ccc(I)cc23)c(C)c1. The lowest BCUT2D eigenvalue weighted by molar-refractivity contribution is 0.592. The molecule has 0 atom stereocenters. The van der Waals surface area contributed by atoms with Gasteiger partial charge in [0, 0.05) is 3.57 Å². The second-order valence-electron chi connectivity index (χ2n) is 6.03. The third-order valence-electron chi connectivity index (χ3n) is 4.17. The molecule has 132 valence electrons. The maximum Gasteiger partial charge on any atom is 0.281 e. The van der Waals surface area contributed by atoms with Gasteiger partial charge >= 0.3 is 0 Å². The fraction of sp³-hybridized carbons (Fsp3) is 0.118. The Bertz CT molecular complexity index is 1360. The Labute approximate surface area is 162 Å². The van der Waals surface area contributed by atoms with E-state index in [1.807, 2.05) is 6.92 Å². The summed E-state index contributed by atoms with van der Waals surface area (Å²) in [6.07, 6.45) is 0. The smallest absolute Gasteiger partial charge is 0.267 e. The van der Waals surface area contributed by atoms with Crippen LogP contribution in [0.2, 0.25) is 0 Å². The number of sulfone groups is 1. The predicted molar refractivity (Wildman–Crippen MR) is 105 cm³/mol. The minimum atomic E-state index is -3.93.